The predicted octanol–water partition coefficient (Wildman–Crippen LogP) is 0.350. The number of aryl methyl sites for hydroxylation is 1. The van der Waals surface area contributed by atoms with Crippen LogP contribution in [0.2, 0.25) is 0 Å². The van der Waals surface area contributed by atoms with E-state index >= 15 is 0 Å². The standard InChI is InChI=1S/C13H19N7/c1-3-20-6-9(5-16-20)11-4-12(18-13(14)17-11)19-7-10(8-19)15-2/h4-6,10,15H,3,7-8H2,1-2H3,(H2,14,17,18). The van der Waals surface area contributed by atoms with Gasteiger partial charge in [-0.2, -0.15) is 10.1 Å². The molecule has 0 atom stereocenters. The van der Waals surface area contributed by atoms with Crippen LogP contribution in [0.5, 0.6) is 0 Å². The summed E-state index contributed by atoms with van der Waals surface area (Å²) in [7, 11) is 1.97. The van der Waals surface area contributed by atoms with Gasteiger partial charge in [-0.1, -0.05) is 0 Å². The van der Waals surface area contributed by atoms with Gasteiger partial charge in [-0.3, -0.25) is 4.68 Å². The highest BCUT2D eigenvalue weighted by Gasteiger charge is 2.26. The second-order valence-electron chi connectivity index (χ2n) is 4.94. The first-order valence-electron chi connectivity index (χ1n) is 6.79. The van der Waals surface area contributed by atoms with Crippen LogP contribution in [0.1, 0.15) is 6.92 Å². The number of anilines is 2. The topological polar surface area (TPSA) is 84.9 Å². The Balaban J connectivity index is 1.87. The van der Waals surface area contributed by atoms with E-state index in [4.69, 9.17) is 5.73 Å². The van der Waals surface area contributed by atoms with Crippen molar-refractivity contribution in [3.05, 3.63) is 18.5 Å². The number of nitrogens with zero attached hydrogens (tertiary/aromatic N) is 5. The first-order chi connectivity index (χ1) is 9.69. The van der Waals surface area contributed by atoms with Gasteiger partial charge in [0.25, 0.3) is 0 Å². The fourth-order valence-corrected chi connectivity index (χ4v) is 2.28. The van der Waals surface area contributed by atoms with E-state index in [0.717, 1.165) is 36.7 Å². The van der Waals surface area contributed by atoms with Crippen LogP contribution in [0, 0.1) is 0 Å². The largest absolute Gasteiger partial charge is 0.368 e. The van der Waals surface area contributed by atoms with Crippen LogP contribution in [-0.2, 0) is 6.54 Å². The number of hydrogen-bond acceptors (Lipinski definition) is 6. The minimum Gasteiger partial charge on any atom is -0.368 e. The summed E-state index contributed by atoms with van der Waals surface area (Å²) in [5, 5.41) is 7.51. The molecule has 1 aliphatic rings. The maximum absolute atomic E-state index is 5.83. The van der Waals surface area contributed by atoms with Crippen LogP contribution in [0.4, 0.5) is 11.8 Å². The molecule has 3 heterocycles. The summed E-state index contributed by atoms with van der Waals surface area (Å²) in [6.07, 6.45) is 3.78. The van der Waals surface area contributed by atoms with Crippen molar-refractivity contribution in [3.8, 4) is 11.3 Å². The van der Waals surface area contributed by atoms with E-state index in [1.54, 1.807) is 0 Å². The van der Waals surface area contributed by atoms with Gasteiger partial charge in [-0.15, -0.1) is 0 Å². The summed E-state index contributed by atoms with van der Waals surface area (Å²) in [4.78, 5) is 10.8. The van der Waals surface area contributed by atoms with Crippen molar-refractivity contribution in [2.45, 2.75) is 19.5 Å². The second kappa shape index (κ2) is 5.09. The molecule has 3 N–H and O–H groups in total. The molecule has 0 bridgehead atoms. The molecule has 106 valence electrons. The highest BCUT2D eigenvalue weighted by Crippen LogP contribution is 2.25. The Bertz CT molecular complexity index is 601. The normalized spacial score (nSPS) is 15.4. The third-order valence-electron chi connectivity index (χ3n) is 3.60. The average Bonchev–Trinajstić information content (AvgIpc) is 2.85. The number of hydrogen-bond donors (Lipinski definition) is 2. The van der Waals surface area contributed by atoms with Crippen molar-refractivity contribution in [3.63, 3.8) is 0 Å². The van der Waals surface area contributed by atoms with Gasteiger partial charge in [-0.05, 0) is 14.0 Å². The fraction of sp³-hybridized carbons (Fsp3) is 0.462. The minimum atomic E-state index is 0.301. The Morgan fingerprint density at radius 2 is 2.20 bits per heavy atom. The third-order valence-corrected chi connectivity index (χ3v) is 3.60. The number of aromatic nitrogens is 4. The van der Waals surface area contributed by atoms with Crippen molar-refractivity contribution in [1.29, 1.82) is 0 Å². The monoisotopic (exact) mass is 273 g/mol. The van der Waals surface area contributed by atoms with E-state index in [1.807, 2.05) is 30.2 Å². The van der Waals surface area contributed by atoms with E-state index in [9.17, 15) is 0 Å². The van der Waals surface area contributed by atoms with Crippen molar-refractivity contribution in [1.82, 2.24) is 25.1 Å². The summed E-state index contributed by atoms with van der Waals surface area (Å²) >= 11 is 0. The van der Waals surface area contributed by atoms with Crippen molar-refractivity contribution in [2.24, 2.45) is 0 Å². The molecule has 2 aromatic rings. The molecule has 0 unspecified atom stereocenters. The predicted molar refractivity (Wildman–Crippen MR) is 78.4 cm³/mol. The van der Waals surface area contributed by atoms with Crippen LogP contribution in [0.3, 0.4) is 0 Å². The highest BCUT2D eigenvalue weighted by atomic mass is 15.3. The van der Waals surface area contributed by atoms with Gasteiger partial charge >= 0.3 is 0 Å². The number of nitrogen functional groups attached to an aromatic ring is 1. The molecule has 1 fully saturated rings. The molecule has 0 amide bonds. The summed E-state index contributed by atoms with van der Waals surface area (Å²) in [5.74, 6) is 1.18. The molecule has 1 aliphatic heterocycles. The Hall–Kier alpha value is -2.15. The summed E-state index contributed by atoms with van der Waals surface area (Å²) in [6.45, 7) is 4.78. The summed E-state index contributed by atoms with van der Waals surface area (Å²) < 4.78 is 1.87. The number of nitrogens with two attached hydrogens (primary N) is 1. The Labute approximate surface area is 117 Å². The van der Waals surface area contributed by atoms with Gasteiger partial charge in [0.05, 0.1) is 11.9 Å². The zero-order chi connectivity index (χ0) is 14.1. The van der Waals surface area contributed by atoms with Crippen LogP contribution < -0.4 is 16.0 Å². The zero-order valence-electron chi connectivity index (χ0n) is 11.7. The molecular formula is C13H19N7. The quantitative estimate of drug-likeness (QED) is 0.836. The lowest BCUT2D eigenvalue weighted by Gasteiger charge is -2.40. The molecule has 0 spiro atoms. The Morgan fingerprint density at radius 1 is 1.40 bits per heavy atom. The smallest absolute Gasteiger partial charge is 0.222 e. The maximum Gasteiger partial charge on any atom is 0.222 e. The lowest BCUT2D eigenvalue weighted by Crippen LogP contribution is -2.57. The fourth-order valence-electron chi connectivity index (χ4n) is 2.28. The third kappa shape index (κ3) is 2.32. The number of nitrogens with one attached hydrogen (secondary N) is 1. The molecule has 0 aliphatic carbocycles. The minimum absolute atomic E-state index is 0.301. The molecule has 7 nitrogen and oxygen atoms in total. The molecule has 0 aromatic carbocycles. The second-order valence-corrected chi connectivity index (χ2v) is 4.94. The van der Waals surface area contributed by atoms with Gasteiger partial charge in [0.15, 0.2) is 0 Å². The van der Waals surface area contributed by atoms with Gasteiger partial charge in [0, 0.05) is 43.5 Å². The van der Waals surface area contributed by atoms with Crippen molar-refractivity contribution < 1.29 is 0 Å². The van der Waals surface area contributed by atoms with E-state index in [0.29, 0.717) is 12.0 Å². The van der Waals surface area contributed by atoms with Gasteiger partial charge in [0.1, 0.15) is 5.82 Å². The zero-order valence-corrected chi connectivity index (χ0v) is 11.7. The van der Waals surface area contributed by atoms with Crippen molar-refractivity contribution in [2.75, 3.05) is 30.8 Å². The van der Waals surface area contributed by atoms with Gasteiger partial charge < -0.3 is 16.0 Å². The van der Waals surface area contributed by atoms with E-state index in [1.165, 1.54) is 0 Å². The van der Waals surface area contributed by atoms with Crippen LogP contribution in [0.15, 0.2) is 18.5 Å². The molecule has 20 heavy (non-hydrogen) atoms. The molecule has 0 radical (unpaired) electrons. The SMILES string of the molecule is CCn1cc(-c2cc(N3CC(NC)C3)nc(N)n2)cn1. The van der Waals surface area contributed by atoms with E-state index in [2.05, 4.69) is 32.2 Å². The lowest BCUT2D eigenvalue weighted by atomic mass is 10.1. The van der Waals surface area contributed by atoms with Crippen LogP contribution >= 0.6 is 0 Å². The molecule has 3 rings (SSSR count). The number of likely N-dealkylation sites (N-methyl/N-ethyl adjacent to an activating group) is 1. The molecule has 1 saturated heterocycles. The Morgan fingerprint density at radius 3 is 2.85 bits per heavy atom. The maximum atomic E-state index is 5.83. The molecule has 7 heteroatoms. The van der Waals surface area contributed by atoms with E-state index in [-0.39, 0.29) is 0 Å². The summed E-state index contributed by atoms with van der Waals surface area (Å²) in [6, 6.07) is 2.50. The van der Waals surface area contributed by atoms with Crippen LogP contribution in [0.25, 0.3) is 11.3 Å². The Kier molecular flexibility index (Phi) is 3.27. The van der Waals surface area contributed by atoms with Crippen LogP contribution in [-0.4, -0.2) is 45.9 Å². The molecule has 2 aromatic heterocycles. The number of rotatable bonds is 4. The molecule has 0 saturated carbocycles. The van der Waals surface area contributed by atoms with Gasteiger partial charge in [-0.25, -0.2) is 4.98 Å². The van der Waals surface area contributed by atoms with E-state index < -0.39 is 0 Å². The highest BCUT2D eigenvalue weighted by molar-refractivity contribution is 5.63. The first-order valence-corrected chi connectivity index (χ1v) is 6.79. The average molecular weight is 273 g/mol. The molecular weight excluding hydrogens is 254 g/mol. The van der Waals surface area contributed by atoms with Gasteiger partial charge in [0.2, 0.25) is 5.95 Å². The lowest BCUT2D eigenvalue weighted by molar-refractivity contribution is 0.447. The first kappa shape index (κ1) is 12.9. The van der Waals surface area contributed by atoms with Crippen molar-refractivity contribution >= 4 is 11.8 Å². The summed E-state index contributed by atoms with van der Waals surface area (Å²) in [5.41, 5.74) is 7.61.